The highest BCUT2D eigenvalue weighted by Crippen LogP contribution is 2.19. The summed E-state index contributed by atoms with van der Waals surface area (Å²) in [6, 6.07) is 0. The SMILES string of the molecule is CN1CCC(O)(CN)CC1.Cl. The van der Waals surface area contributed by atoms with Crippen molar-refractivity contribution in [3.05, 3.63) is 0 Å². The molecule has 11 heavy (non-hydrogen) atoms. The summed E-state index contributed by atoms with van der Waals surface area (Å²) in [5, 5.41) is 9.65. The predicted molar refractivity (Wildman–Crippen MR) is 48.0 cm³/mol. The molecule has 1 saturated heterocycles. The van der Waals surface area contributed by atoms with Crippen molar-refractivity contribution >= 4 is 12.4 Å². The van der Waals surface area contributed by atoms with Crippen molar-refractivity contribution in [3.63, 3.8) is 0 Å². The first-order valence-corrected chi connectivity index (χ1v) is 3.77. The Hall–Kier alpha value is 0.170. The Bertz CT molecular complexity index is 113. The minimum atomic E-state index is -0.563. The zero-order chi connectivity index (χ0) is 7.61. The summed E-state index contributed by atoms with van der Waals surface area (Å²) in [5.41, 5.74) is 4.85. The summed E-state index contributed by atoms with van der Waals surface area (Å²) in [6.07, 6.45) is 1.64. The van der Waals surface area contributed by atoms with E-state index in [1.165, 1.54) is 0 Å². The Kier molecular flexibility index (Phi) is 4.32. The van der Waals surface area contributed by atoms with Crippen LogP contribution in [0.25, 0.3) is 0 Å². The van der Waals surface area contributed by atoms with E-state index in [1.54, 1.807) is 0 Å². The molecular formula is C7H17ClN2O. The average molecular weight is 181 g/mol. The summed E-state index contributed by atoms with van der Waals surface area (Å²) in [7, 11) is 2.07. The van der Waals surface area contributed by atoms with Gasteiger partial charge in [-0.05, 0) is 19.9 Å². The largest absolute Gasteiger partial charge is 0.388 e. The van der Waals surface area contributed by atoms with Crippen LogP contribution in [0, 0.1) is 0 Å². The van der Waals surface area contributed by atoms with Crippen LogP contribution in [-0.4, -0.2) is 42.3 Å². The maximum atomic E-state index is 9.65. The fraction of sp³-hybridized carbons (Fsp3) is 1.00. The number of hydrogen-bond acceptors (Lipinski definition) is 3. The van der Waals surface area contributed by atoms with Crippen molar-refractivity contribution < 1.29 is 5.11 Å². The lowest BCUT2D eigenvalue weighted by Gasteiger charge is -2.35. The average Bonchev–Trinajstić information content (AvgIpc) is 1.96. The van der Waals surface area contributed by atoms with Crippen molar-refractivity contribution in [2.45, 2.75) is 18.4 Å². The summed E-state index contributed by atoms with van der Waals surface area (Å²) >= 11 is 0. The Morgan fingerprint density at radius 3 is 2.27 bits per heavy atom. The summed E-state index contributed by atoms with van der Waals surface area (Å²) < 4.78 is 0. The molecule has 0 bridgehead atoms. The molecule has 0 aromatic heterocycles. The van der Waals surface area contributed by atoms with E-state index in [0.717, 1.165) is 25.9 Å². The molecule has 1 aliphatic heterocycles. The summed E-state index contributed by atoms with van der Waals surface area (Å²) in [4.78, 5) is 2.21. The third-order valence-corrected chi connectivity index (χ3v) is 2.30. The van der Waals surface area contributed by atoms with Gasteiger partial charge < -0.3 is 15.7 Å². The third kappa shape index (κ3) is 2.95. The molecule has 1 aliphatic rings. The quantitative estimate of drug-likeness (QED) is 0.589. The smallest absolute Gasteiger partial charge is 0.0793 e. The second-order valence-electron chi connectivity index (χ2n) is 3.23. The van der Waals surface area contributed by atoms with Gasteiger partial charge in [0.15, 0.2) is 0 Å². The Morgan fingerprint density at radius 2 is 1.91 bits per heavy atom. The van der Waals surface area contributed by atoms with Crippen molar-refractivity contribution in [2.75, 3.05) is 26.7 Å². The number of aliphatic hydroxyl groups is 1. The lowest BCUT2D eigenvalue weighted by atomic mass is 9.92. The molecule has 1 fully saturated rings. The molecule has 0 aromatic rings. The number of hydrogen-bond donors (Lipinski definition) is 2. The molecule has 0 amide bonds. The molecule has 0 radical (unpaired) electrons. The minimum absolute atomic E-state index is 0. The number of nitrogens with two attached hydrogens (primary N) is 1. The van der Waals surface area contributed by atoms with Crippen LogP contribution in [0.3, 0.4) is 0 Å². The van der Waals surface area contributed by atoms with Crippen LogP contribution < -0.4 is 5.73 Å². The Balaban J connectivity index is 0.000001000. The van der Waals surface area contributed by atoms with Crippen LogP contribution in [0.4, 0.5) is 0 Å². The van der Waals surface area contributed by atoms with Crippen LogP contribution in [0.5, 0.6) is 0 Å². The molecule has 0 unspecified atom stereocenters. The van der Waals surface area contributed by atoms with Gasteiger partial charge in [0, 0.05) is 19.6 Å². The van der Waals surface area contributed by atoms with Crippen molar-refractivity contribution in [1.29, 1.82) is 0 Å². The highest BCUT2D eigenvalue weighted by Gasteiger charge is 2.28. The second kappa shape index (κ2) is 4.26. The van der Waals surface area contributed by atoms with Crippen molar-refractivity contribution in [1.82, 2.24) is 4.90 Å². The standard InChI is InChI=1S/C7H16N2O.ClH/c1-9-4-2-7(10,6-8)3-5-9;/h10H,2-6,8H2,1H3;1H. The van der Waals surface area contributed by atoms with Gasteiger partial charge in [-0.2, -0.15) is 0 Å². The van der Waals surface area contributed by atoms with Gasteiger partial charge in [-0.15, -0.1) is 12.4 Å². The van der Waals surface area contributed by atoms with E-state index in [-0.39, 0.29) is 12.4 Å². The fourth-order valence-electron chi connectivity index (χ4n) is 1.24. The van der Waals surface area contributed by atoms with Crippen LogP contribution in [0.2, 0.25) is 0 Å². The molecule has 3 nitrogen and oxygen atoms in total. The van der Waals surface area contributed by atoms with E-state index in [9.17, 15) is 5.11 Å². The van der Waals surface area contributed by atoms with Crippen molar-refractivity contribution in [3.8, 4) is 0 Å². The van der Waals surface area contributed by atoms with Gasteiger partial charge in [-0.25, -0.2) is 0 Å². The van der Waals surface area contributed by atoms with E-state index < -0.39 is 5.60 Å². The zero-order valence-electron chi connectivity index (χ0n) is 6.92. The number of rotatable bonds is 1. The van der Waals surface area contributed by atoms with Crippen LogP contribution in [-0.2, 0) is 0 Å². The van der Waals surface area contributed by atoms with E-state index in [4.69, 9.17) is 5.73 Å². The number of piperidine rings is 1. The molecule has 1 heterocycles. The topological polar surface area (TPSA) is 49.5 Å². The molecule has 0 aromatic carbocycles. The highest BCUT2D eigenvalue weighted by atomic mass is 35.5. The summed E-state index contributed by atoms with van der Waals surface area (Å²) in [6.45, 7) is 2.34. The van der Waals surface area contributed by atoms with Gasteiger partial charge in [-0.1, -0.05) is 0 Å². The molecule has 4 heteroatoms. The van der Waals surface area contributed by atoms with Gasteiger partial charge in [0.05, 0.1) is 5.60 Å². The molecule has 1 rings (SSSR count). The van der Waals surface area contributed by atoms with Gasteiger partial charge in [-0.3, -0.25) is 0 Å². The summed E-state index contributed by atoms with van der Waals surface area (Å²) in [5.74, 6) is 0. The highest BCUT2D eigenvalue weighted by molar-refractivity contribution is 5.85. The zero-order valence-corrected chi connectivity index (χ0v) is 7.73. The molecule has 68 valence electrons. The van der Waals surface area contributed by atoms with E-state index in [0.29, 0.717) is 6.54 Å². The van der Waals surface area contributed by atoms with Gasteiger partial charge in [0.1, 0.15) is 0 Å². The molecule has 0 saturated carbocycles. The van der Waals surface area contributed by atoms with Gasteiger partial charge in [0.2, 0.25) is 0 Å². The first-order chi connectivity index (χ1) is 4.66. The monoisotopic (exact) mass is 180 g/mol. The van der Waals surface area contributed by atoms with Crippen LogP contribution >= 0.6 is 12.4 Å². The predicted octanol–water partition coefficient (Wildman–Crippen LogP) is -0.176. The van der Waals surface area contributed by atoms with E-state index in [1.807, 2.05) is 0 Å². The van der Waals surface area contributed by atoms with Crippen LogP contribution in [0.1, 0.15) is 12.8 Å². The lowest BCUT2D eigenvalue weighted by molar-refractivity contribution is -0.00751. The Morgan fingerprint density at radius 1 is 1.45 bits per heavy atom. The molecule has 0 aliphatic carbocycles. The normalized spacial score (nSPS) is 24.3. The first-order valence-electron chi connectivity index (χ1n) is 3.77. The number of likely N-dealkylation sites (tertiary alicyclic amines) is 1. The van der Waals surface area contributed by atoms with Gasteiger partial charge >= 0.3 is 0 Å². The Labute approximate surface area is 74.0 Å². The van der Waals surface area contributed by atoms with Crippen molar-refractivity contribution in [2.24, 2.45) is 5.73 Å². The van der Waals surface area contributed by atoms with Crippen LogP contribution in [0.15, 0.2) is 0 Å². The number of halogens is 1. The maximum Gasteiger partial charge on any atom is 0.0793 e. The molecule has 0 atom stereocenters. The lowest BCUT2D eigenvalue weighted by Crippen LogP contribution is -2.47. The third-order valence-electron chi connectivity index (χ3n) is 2.30. The maximum absolute atomic E-state index is 9.65. The van der Waals surface area contributed by atoms with E-state index >= 15 is 0 Å². The fourth-order valence-corrected chi connectivity index (χ4v) is 1.24. The minimum Gasteiger partial charge on any atom is -0.388 e. The molecular weight excluding hydrogens is 164 g/mol. The second-order valence-corrected chi connectivity index (χ2v) is 3.23. The molecule has 3 N–H and O–H groups in total. The van der Waals surface area contributed by atoms with E-state index in [2.05, 4.69) is 11.9 Å². The van der Waals surface area contributed by atoms with Gasteiger partial charge in [0.25, 0.3) is 0 Å². The first kappa shape index (κ1) is 11.2. The number of nitrogens with zero attached hydrogens (tertiary/aromatic N) is 1. The molecule has 0 spiro atoms.